The van der Waals surface area contributed by atoms with Gasteiger partial charge in [-0.15, -0.1) is 0 Å². The Kier molecular flexibility index (Phi) is 6.79. The molecule has 1 amide bonds. The van der Waals surface area contributed by atoms with E-state index in [9.17, 15) is 9.59 Å². The van der Waals surface area contributed by atoms with Crippen molar-refractivity contribution in [3.05, 3.63) is 72.3 Å². The van der Waals surface area contributed by atoms with Crippen molar-refractivity contribution in [2.45, 2.75) is 32.4 Å². The molecule has 8 heteroatoms. The van der Waals surface area contributed by atoms with Crippen LogP contribution in [0.3, 0.4) is 0 Å². The van der Waals surface area contributed by atoms with Gasteiger partial charge < -0.3 is 14.8 Å². The van der Waals surface area contributed by atoms with Crippen molar-refractivity contribution in [1.29, 1.82) is 0 Å². The van der Waals surface area contributed by atoms with Gasteiger partial charge in [0.25, 0.3) is 5.91 Å². The van der Waals surface area contributed by atoms with Gasteiger partial charge in [0.15, 0.2) is 0 Å². The highest BCUT2D eigenvalue weighted by molar-refractivity contribution is 5.94. The highest BCUT2D eigenvalue weighted by Gasteiger charge is 2.21. The molecule has 0 saturated heterocycles. The van der Waals surface area contributed by atoms with Gasteiger partial charge in [0.1, 0.15) is 18.4 Å². The average molecular weight is 408 g/mol. The minimum absolute atomic E-state index is 0.0211. The maximum atomic E-state index is 12.8. The first kappa shape index (κ1) is 21.0. The summed E-state index contributed by atoms with van der Waals surface area (Å²) in [6.07, 6.45) is 2.81. The van der Waals surface area contributed by atoms with Gasteiger partial charge in [0.2, 0.25) is 0 Å². The third kappa shape index (κ3) is 5.44. The number of aromatic nitrogens is 3. The third-order valence-electron chi connectivity index (χ3n) is 4.37. The Balaban J connectivity index is 1.76. The molecule has 0 aliphatic heterocycles. The molecule has 0 aliphatic rings. The average Bonchev–Trinajstić information content (AvgIpc) is 3.28. The van der Waals surface area contributed by atoms with Gasteiger partial charge in [-0.3, -0.25) is 9.59 Å². The van der Waals surface area contributed by atoms with Crippen molar-refractivity contribution in [1.82, 2.24) is 20.1 Å². The quantitative estimate of drug-likeness (QED) is 0.576. The first-order valence-electron chi connectivity index (χ1n) is 9.55. The van der Waals surface area contributed by atoms with E-state index in [1.54, 1.807) is 68.4 Å². The summed E-state index contributed by atoms with van der Waals surface area (Å²) >= 11 is 0. The van der Waals surface area contributed by atoms with E-state index in [4.69, 9.17) is 9.47 Å². The van der Waals surface area contributed by atoms with E-state index in [0.29, 0.717) is 11.3 Å². The molecule has 3 rings (SSSR count). The third-order valence-corrected chi connectivity index (χ3v) is 4.37. The molecule has 8 nitrogen and oxygen atoms in total. The minimum atomic E-state index is -0.537. The number of nitrogens with one attached hydrogen (secondary N) is 1. The van der Waals surface area contributed by atoms with E-state index in [0.717, 1.165) is 11.3 Å². The molecule has 3 aromatic rings. The molecule has 0 saturated carbocycles. The molecule has 1 unspecified atom stereocenters. The summed E-state index contributed by atoms with van der Waals surface area (Å²) in [4.78, 5) is 29.0. The van der Waals surface area contributed by atoms with Crippen LogP contribution in [0.25, 0.3) is 5.69 Å². The summed E-state index contributed by atoms with van der Waals surface area (Å²) in [7, 11) is 1.58. The van der Waals surface area contributed by atoms with E-state index in [-0.39, 0.29) is 24.4 Å². The first-order valence-corrected chi connectivity index (χ1v) is 9.55. The lowest BCUT2D eigenvalue weighted by atomic mass is 10.0. The molecule has 1 aromatic heterocycles. The van der Waals surface area contributed by atoms with Gasteiger partial charge in [-0.05, 0) is 55.8 Å². The number of ether oxygens (including phenoxy) is 2. The number of hydrogen-bond donors (Lipinski definition) is 1. The van der Waals surface area contributed by atoms with Crippen LogP contribution >= 0.6 is 0 Å². The van der Waals surface area contributed by atoms with E-state index in [1.807, 2.05) is 12.1 Å². The molecule has 1 heterocycles. The zero-order chi connectivity index (χ0) is 21.5. The first-order chi connectivity index (χ1) is 14.5. The van der Waals surface area contributed by atoms with Crippen LogP contribution in [0.15, 0.2) is 61.2 Å². The number of hydrogen-bond acceptors (Lipinski definition) is 6. The summed E-state index contributed by atoms with van der Waals surface area (Å²) in [6.45, 7) is 3.57. The fourth-order valence-electron chi connectivity index (χ4n) is 2.91. The Morgan fingerprint density at radius 1 is 1.07 bits per heavy atom. The standard InChI is InChI=1S/C22H24N4O4/c1-15(2)30-21(27)12-20(16-6-10-19(29-3)11-7-16)25-22(28)17-4-8-18(9-5-17)26-14-23-13-24-26/h4-11,13-15,20H,12H2,1-3H3,(H,25,28). The monoisotopic (exact) mass is 408 g/mol. The second-order valence-corrected chi connectivity index (χ2v) is 6.93. The lowest BCUT2D eigenvalue weighted by Gasteiger charge is -2.20. The lowest BCUT2D eigenvalue weighted by molar-refractivity contribution is -0.147. The topological polar surface area (TPSA) is 95.3 Å². The highest BCUT2D eigenvalue weighted by atomic mass is 16.5. The second kappa shape index (κ2) is 9.69. The van der Waals surface area contributed by atoms with Crippen LogP contribution in [0.2, 0.25) is 0 Å². The molecule has 156 valence electrons. The van der Waals surface area contributed by atoms with Gasteiger partial charge >= 0.3 is 5.97 Å². The molecule has 1 N–H and O–H groups in total. The summed E-state index contributed by atoms with van der Waals surface area (Å²) in [5, 5.41) is 6.99. The minimum Gasteiger partial charge on any atom is -0.497 e. The largest absolute Gasteiger partial charge is 0.497 e. The molecule has 0 spiro atoms. The van der Waals surface area contributed by atoms with Crippen molar-refractivity contribution >= 4 is 11.9 Å². The van der Waals surface area contributed by atoms with Crippen LogP contribution in [0.5, 0.6) is 5.75 Å². The van der Waals surface area contributed by atoms with Crippen molar-refractivity contribution in [3.63, 3.8) is 0 Å². The Morgan fingerprint density at radius 2 is 1.77 bits per heavy atom. The SMILES string of the molecule is COc1ccc(C(CC(=O)OC(C)C)NC(=O)c2ccc(-n3cncn3)cc2)cc1. The Labute approximate surface area is 174 Å². The maximum Gasteiger partial charge on any atom is 0.308 e. The van der Waals surface area contributed by atoms with Crippen molar-refractivity contribution < 1.29 is 19.1 Å². The van der Waals surface area contributed by atoms with Crippen molar-refractivity contribution in [3.8, 4) is 11.4 Å². The summed E-state index contributed by atoms with van der Waals surface area (Å²) in [5.41, 5.74) is 2.04. The number of carbonyl (C=O) groups is 2. The van der Waals surface area contributed by atoms with Crippen molar-refractivity contribution in [2.75, 3.05) is 7.11 Å². The number of carbonyl (C=O) groups excluding carboxylic acids is 2. The normalized spacial score (nSPS) is 11.7. The Morgan fingerprint density at radius 3 is 2.33 bits per heavy atom. The van der Waals surface area contributed by atoms with Gasteiger partial charge in [0, 0.05) is 5.56 Å². The zero-order valence-electron chi connectivity index (χ0n) is 17.1. The molecule has 0 bridgehead atoms. The van der Waals surface area contributed by atoms with Crippen molar-refractivity contribution in [2.24, 2.45) is 0 Å². The molecule has 30 heavy (non-hydrogen) atoms. The molecular formula is C22H24N4O4. The number of nitrogens with zero attached hydrogens (tertiary/aromatic N) is 3. The van der Waals surface area contributed by atoms with Crippen LogP contribution in [-0.2, 0) is 9.53 Å². The van der Waals surface area contributed by atoms with Crippen LogP contribution in [-0.4, -0.2) is 39.9 Å². The van der Waals surface area contributed by atoms with E-state index >= 15 is 0 Å². The molecule has 2 aromatic carbocycles. The molecule has 0 radical (unpaired) electrons. The molecular weight excluding hydrogens is 384 g/mol. The number of amides is 1. The van der Waals surface area contributed by atoms with E-state index in [1.165, 1.54) is 6.33 Å². The van der Waals surface area contributed by atoms with Crippen LogP contribution in [0, 0.1) is 0 Å². The number of benzene rings is 2. The van der Waals surface area contributed by atoms with Gasteiger partial charge in [0.05, 0.1) is 31.4 Å². The van der Waals surface area contributed by atoms with Gasteiger partial charge in [-0.25, -0.2) is 9.67 Å². The van der Waals surface area contributed by atoms with Gasteiger partial charge in [-0.1, -0.05) is 12.1 Å². The van der Waals surface area contributed by atoms with E-state index in [2.05, 4.69) is 15.4 Å². The maximum absolute atomic E-state index is 12.8. The fraction of sp³-hybridized carbons (Fsp3) is 0.273. The van der Waals surface area contributed by atoms with Crippen LogP contribution in [0.4, 0.5) is 0 Å². The summed E-state index contributed by atoms with van der Waals surface area (Å²) in [5.74, 6) is 0.0169. The van der Waals surface area contributed by atoms with Crippen LogP contribution < -0.4 is 10.1 Å². The smallest absolute Gasteiger partial charge is 0.308 e. The second-order valence-electron chi connectivity index (χ2n) is 6.93. The Hall–Kier alpha value is -3.68. The van der Waals surface area contributed by atoms with Crippen LogP contribution in [0.1, 0.15) is 42.2 Å². The highest BCUT2D eigenvalue weighted by Crippen LogP contribution is 2.22. The molecule has 0 fully saturated rings. The molecule has 0 aliphatic carbocycles. The number of methoxy groups -OCH3 is 1. The number of rotatable bonds is 8. The zero-order valence-corrected chi connectivity index (χ0v) is 17.1. The van der Waals surface area contributed by atoms with E-state index < -0.39 is 6.04 Å². The van der Waals surface area contributed by atoms with Gasteiger partial charge in [-0.2, -0.15) is 5.10 Å². The summed E-state index contributed by atoms with van der Waals surface area (Å²) in [6, 6.07) is 13.6. The molecule has 1 atom stereocenters. The number of esters is 1. The predicted molar refractivity (Wildman–Crippen MR) is 110 cm³/mol. The predicted octanol–water partition coefficient (Wildman–Crippen LogP) is 3.09. The fourth-order valence-corrected chi connectivity index (χ4v) is 2.91. The summed E-state index contributed by atoms with van der Waals surface area (Å²) < 4.78 is 12.0. The lowest BCUT2D eigenvalue weighted by Crippen LogP contribution is -2.31. The Bertz CT molecular complexity index is 967.